The van der Waals surface area contributed by atoms with Crippen LogP contribution in [0, 0.1) is 0 Å². The van der Waals surface area contributed by atoms with E-state index >= 15 is 0 Å². The zero-order chi connectivity index (χ0) is 28.0. The Morgan fingerprint density at radius 3 is 2.49 bits per heavy atom. The number of benzene rings is 1. The molecule has 2 aliphatic rings. The number of hydrogen-bond acceptors (Lipinski definition) is 9. The first-order valence-electron chi connectivity index (χ1n) is 12.8. The van der Waals surface area contributed by atoms with Gasteiger partial charge in [0.2, 0.25) is 5.88 Å². The summed E-state index contributed by atoms with van der Waals surface area (Å²) in [5.41, 5.74) is -0.202. The van der Waals surface area contributed by atoms with E-state index in [1.807, 2.05) is 19.2 Å². The van der Waals surface area contributed by atoms with E-state index in [1.165, 1.54) is 12.4 Å². The fraction of sp³-hybridized carbons (Fsp3) is 0.481. The van der Waals surface area contributed by atoms with E-state index < -0.39 is 17.3 Å². The van der Waals surface area contributed by atoms with Crippen LogP contribution in [-0.2, 0) is 16.6 Å². The van der Waals surface area contributed by atoms with Gasteiger partial charge in [0.25, 0.3) is 0 Å². The van der Waals surface area contributed by atoms with E-state index in [0.29, 0.717) is 29.8 Å². The van der Waals surface area contributed by atoms with Gasteiger partial charge in [0.15, 0.2) is 0 Å². The molecule has 2 aromatic heterocycles. The number of methoxy groups -OCH3 is 1. The first-order chi connectivity index (χ1) is 18.7. The van der Waals surface area contributed by atoms with Crippen molar-refractivity contribution in [1.29, 1.82) is 0 Å². The number of aldehydes is 1. The first-order valence-corrected chi connectivity index (χ1v) is 12.8. The minimum absolute atomic E-state index is 0.0254. The van der Waals surface area contributed by atoms with Crippen molar-refractivity contribution in [3.05, 3.63) is 54.0 Å². The molecule has 3 heterocycles. The number of fused-ring (bicyclic) bond motifs is 1. The minimum atomic E-state index is -4.42. The van der Waals surface area contributed by atoms with Gasteiger partial charge in [-0.3, -0.25) is 4.90 Å². The summed E-state index contributed by atoms with van der Waals surface area (Å²) in [5.74, 6) is 0.799. The van der Waals surface area contributed by atoms with Crippen molar-refractivity contribution in [3.63, 3.8) is 0 Å². The topological polar surface area (TPSA) is 112 Å². The second-order valence-corrected chi connectivity index (χ2v) is 9.79. The molecule has 1 saturated heterocycles. The molecule has 1 aliphatic carbocycles. The maximum absolute atomic E-state index is 12.6. The Bertz CT molecular complexity index is 1240. The van der Waals surface area contributed by atoms with Crippen LogP contribution < -0.4 is 15.4 Å². The molecule has 1 aliphatic heterocycles. The third kappa shape index (κ3) is 6.81. The molecule has 9 nitrogen and oxygen atoms in total. The maximum Gasteiger partial charge on any atom is 0.416 e. The average Bonchev–Trinajstić information content (AvgIpc) is 2.92. The highest BCUT2D eigenvalue weighted by Gasteiger charge is 2.39. The van der Waals surface area contributed by atoms with Crippen LogP contribution in [0.2, 0.25) is 0 Å². The predicted octanol–water partition coefficient (Wildman–Crippen LogP) is 3.38. The van der Waals surface area contributed by atoms with Crippen LogP contribution in [0.4, 0.5) is 19.0 Å². The van der Waals surface area contributed by atoms with Gasteiger partial charge in [-0.1, -0.05) is 0 Å². The zero-order valence-electron chi connectivity index (χ0n) is 21.9. The Labute approximate surface area is 224 Å². The van der Waals surface area contributed by atoms with E-state index in [9.17, 15) is 23.1 Å². The van der Waals surface area contributed by atoms with Crippen LogP contribution in [0.25, 0.3) is 10.9 Å². The molecule has 39 heavy (non-hydrogen) atoms. The number of anilines is 1. The third-order valence-electron chi connectivity index (χ3n) is 7.42. The fourth-order valence-corrected chi connectivity index (χ4v) is 5.02. The lowest BCUT2D eigenvalue weighted by atomic mass is 9.77. The SMILES string of the molecule is CNC1CN(C2CCC(O)(c3ccc(OC)nc3)CC2)C1.O=CCNc1ncnc2ccc(C(F)(F)F)cc12. The highest BCUT2D eigenvalue weighted by atomic mass is 19.4. The number of nitrogens with zero attached hydrogens (tertiary/aromatic N) is 4. The molecule has 12 heteroatoms. The van der Waals surface area contributed by atoms with Gasteiger partial charge < -0.3 is 25.3 Å². The number of likely N-dealkylation sites (N-methyl/N-ethyl adjacent to an activating group) is 1. The molecule has 2 fully saturated rings. The monoisotopic (exact) mass is 546 g/mol. The van der Waals surface area contributed by atoms with Crippen molar-refractivity contribution >= 4 is 23.0 Å². The lowest BCUT2D eigenvalue weighted by Crippen LogP contribution is -2.61. The molecule has 0 atom stereocenters. The van der Waals surface area contributed by atoms with Crippen LogP contribution in [0.15, 0.2) is 42.9 Å². The molecule has 0 amide bonds. The predicted molar refractivity (Wildman–Crippen MR) is 140 cm³/mol. The van der Waals surface area contributed by atoms with Gasteiger partial charge in [-0.25, -0.2) is 15.0 Å². The van der Waals surface area contributed by atoms with Gasteiger partial charge in [0.1, 0.15) is 18.4 Å². The Balaban J connectivity index is 0.000000183. The summed E-state index contributed by atoms with van der Waals surface area (Å²) >= 11 is 0. The summed E-state index contributed by atoms with van der Waals surface area (Å²) in [6, 6.07) is 8.23. The number of ether oxygens (including phenoxy) is 1. The van der Waals surface area contributed by atoms with E-state index in [4.69, 9.17) is 4.74 Å². The minimum Gasteiger partial charge on any atom is -0.481 e. The van der Waals surface area contributed by atoms with Crippen LogP contribution in [-0.4, -0.2) is 77.1 Å². The van der Waals surface area contributed by atoms with E-state index in [1.54, 1.807) is 13.3 Å². The quantitative estimate of drug-likeness (QED) is 0.384. The first kappa shape index (κ1) is 28.7. The molecular weight excluding hydrogens is 513 g/mol. The Morgan fingerprint density at radius 2 is 1.90 bits per heavy atom. The number of carbonyl (C=O) groups is 1. The number of carbonyl (C=O) groups excluding carboxylic acids is 1. The lowest BCUT2D eigenvalue weighted by Gasteiger charge is -2.48. The summed E-state index contributed by atoms with van der Waals surface area (Å²) in [6.07, 6.45) is 2.88. The van der Waals surface area contributed by atoms with E-state index in [0.717, 1.165) is 56.5 Å². The second kappa shape index (κ2) is 12.2. The van der Waals surface area contributed by atoms with E-state index in [-0.39, 0.29) is 17.7 Å². The molecule has 210 valence electrons. The van der Waals surface area contributed by atoms with Crippen LogP contribution in [0.5, 0.6) is 5.88 Å². The molecule has 0 unspecified atom stereocenters. The average molecular weight is 547 g/mol. The van der Waals surface area contributed by atoms with Crippen molar-refractivity contribution < 1.29 is 27.8 Å². The van der Waals surface area contributed by atoms with Crippen molar-refractivity contribution in [3.8, 4) is 5.88 Å². The van der Waals surface area contributed by atoms with Crippen molar-refractivity contribution in [2.45, 2.75) is 49.5 Å². The number of rotatable bonds is 7. The van der Waals surface area contributed by atoms with Crippen molar-refractivity contribution in [1.82, 2.24) is 25.2 Å². The summed E-state index contributed by atoms with van der Waals surface area (Å²) in [4.78, 5) is 24.7. The Morgan fingerprint density at radius 1 is 1.15 bits per heavy atom. The molecule has 0 spiro atoms. The standard InChI is InChI=1S/C16H25N3O2.C11H8F3N3O/c1-17-13-10-19(11-13)14-5-7-16(20,8-6-14)12-3-4-15(21-2)18-9-12;12-11(13,14)7-1-2-9-8(5-7)10(15-3-4-18)17-6-16-9/h3-4,9,13-14,17,20H,5-8,10-11H2,1-2H3;1-2,4-6H,3H2,(H,15,16,17). The number of aliphatic hydroxyl groups is 1. The van der Waals surface area contributed by atoms with Gasteiger partial charge in [-0.15, -0.1) is 0 Å². The van der Waals surface area contributed by atoms with Crippen LogP contribution >= 0.6 is 0 Å². The fourth-order valence-electron chi connectivity index (χ4n) is 5.02. The number of aromatic nitrogens is 3. The molecule has 0 bridgehead atoms. The Kier molecular flexibility index (Phi) is 8.98. The lowest BCUT2D eigenvalue weighted by molar-refractivity contribution is -0.137. The number of nitrogens with one attached hydrogen (secondary N) is 2. The molecule has 1 aromatic carbocycles. The zero-order valence-corrected chi connectivity index (χ0v) is 21.9. The number of pyridine rings is 1. The summed E-state index contributed by atoms with van der Waals surface area (Å²) in [7, 11) is 3.63. The molecule has 3 aromatic rings. The summed E-state index contributed by atoms with van der Waals surface area (Å²) < 4.78 is 42.8. The highest BCUT2D eigenvalue weighted by Crippen LogP contribution is 2.39. The molecule has 0 radical (unpaired) electrons. The largest absolute Gasteiger partial charge is 0.481 e. The highest BCUT2D eigenvalue weighted by molar-refractivity contribution is 5.90. The molecule has 1 saturated carbocycles. The number of likely N-dealkylation sites (tertiary alicyclic amines) is 1. The van der Waals surface area contributed by atoms with Gasteiger partial charge in [-0.2, -0.15) is 13.2 Å². The normalized spacial score (nSPS) is 21.9. The molecular formula is C27H33F3N6O3. The van der Waals surface area contributed by atoms with Crippen molar-refractivity contribution in [2.24, 2.45) is 0 Å². The maximum atomic E-state index is 12.6. The Hall–Kier alpha value is -3.35. The summed E-state index contributed by atoms with van der Waals surface area (Å²) in [5, 5.41) is 17.1. The van der Waals surface area contributed by atoms with Gasteiger partial charge in [-0.05, 0) is 57.0 Å². The molecule has 3 N–H and O–H groups in total. The summed E-state index contributed by atoms with van der Waals surface area (Å²) in [6.45, 7) is 2.26. The molecule has 5 rings (SSSR count). The van der Waals surface area contributed by atoms with E-state index in [2.05, 4.69) is 30.5 Å². The smallest absolute Gasteiger partial charge is 0.416 e. The third-order valence-corrected chi connectivity index (χ3v) is 7.42. The van der Waals surface area contributed by atoms with Crippen LogP contribution in [0.3, 0.4) is 0 Å². The van der Waals surface area contributed by atoms with Gasteiger partial charge in [0, 0.05) is 48.4 Å². The second-order valence-electron chi connectivity index (χ2n) is 9.79. The van der Waals surface area contributed by atoms with Gasteiger partial charge in [0.05, 0.1) is 30.3 Å². The van der Waals surface area contributed by atoms with Crippen LogP contribution in [0.1, 0.15) is 36.8 Å². The van der Waals surface area contributed by atoms with Crippen molar-refractivity contribution in [2.75, 3.05) is 39.1 Å². The number of halogens is 3. The van der Waals surface area contributed by atoms with Gasteiger partial charge >= 0.3 is 6.18 Å². The number of alkyl halides is 3. The number of hydrogen-bond donors (Lipinski definition) is 3.